The van der Waals surface area contributed by atoms with Gasteiger partial charge in [0, 0.05) is 0 Å². The Morgan fingerprint density at radius 3 is 2.25 bits per heavy atom. The fourth-order valence-electron chi connectivity index (χ4n) is 1.51. The van der Waals surface area contributed by atoms with Crippen LogP contribution in [0.3, 0.4) is 0 Å². The molecule has 1 fully saturated rings. The molecule has 2 unspecified atom stereocenters. The highest BCUT2D eigenvalue weighted by Gasteiger charge is 2.51. The van der Waals surface area contributed by atoms with Crippen molar-refractivity contribution in [1.82, 2.24) is 0 Å². The van der Waals surface area contributed by atoms with E-state index >= 15 is 0 Å². The van der Waals surface area contributed by atoms with Crippen molar-refractivity contribution >= 4 is 0 Å². The molecule has 0 aliphatic carbocycles. The molecule has 0 radical (unpaired) electrons. The van der Waals surface area contributed by atoms with E-state index in [1.165, 1.54) is 12.8 Å². The maximum atomic E-state index is 5.69. The van der Waals surface area contributed by atoms with Gasteiger partial charge in [0.15, 0.2) is 0 Å². The van der Waals surface area contributed by atoms with Gasteiger partial charge in [0.25, 0.3) is 0 Å². The molecular formula is C11H22O. The third-order valence-corrected chi connectivity index (χ3v) is 3.43. The van der Waals surface area contributed by atoms with Crippen LogP contribution in [0.5, 0.6) is 0 Å². The molecular weight excluding hydrogens is 148 g/mol. The van der Waals surface area contributed by atoms with Crippen LogP contribution in [0, 0.1) is 5.41 Å². The van der Waals surface area contributed by atoms with Gasteiger partial charge in [0.05, 0.1) is 11.7 Å². The van der Waals surface area contributed by atoms with Gasteiger partial charge in [0.1, 0.15) is 0 Å². The number of hydrogen-bond donors (Lipinski definition) is 0. The van der Waals surface area contributed by atoms with Crippen molar-refractivity contribution in [2.45, 2.75) is 65.6 Å². The lowest BCUT2D eigenvalue weighted by Crippen LogP contribution is -2.17. The summed E-state index contributed by atoms with van der Waals surface area (Å²) >= 11 is 0. The Kier molecular flexibility index (Phi) is 2.53. The average Bonchev–Trinajstić information content (AvgIpc) is 2.62. The third kappa shape index (κ3) is 2.01. The van der Waals surface area contributed by atoms with E-state index in [2.05, 4.69) is 34.6 Å². The molecule has 1 aliphatic rings. The van der Waals surface area contributed by atoms with Crippen molar-refractivity contribution in [2.24, 2.45) is 5.41 Å². The van der Waals surface area contributed by atoms with Crippen LogP contribution in [-0.4, -0.2) is 11.7 Å². The lowest BCUT2D eigenvalue weighted by Gasteiger charge is -2.21. The normalized spacial score (nSPS) is 35.2. The second-order valence-electron chi connectivity index (χ2n) is 4.99. The number of rotatable bonds is 4. The fourth-order valence-corrected chi connectivity index (χ4v) is 1.51. The summed E-state index contributed by atoms with van der Waals surface area (Å²) in [5, 5.41) is 0. The maximum absolute atomic E-state index is 5.69. The Morgan fingerprint density at radius 2 is 1.92 bits per heavy atom. The Balaban J connectivity index is 2.36. The monoisotopic (exact) mass is 170 g/mol. The smallest absolute Gasteiger partial charge is 0.0918 e. The van der Waals surface area contributed by atoms with E-state index in [4.69, 9.17) is 4.74 Å². The topological polar surface area (TPSA) is 12.5 Å². The van der Waals surface area contributed by atoms with Crippen LogP contribution in [0.15, 0.2) is 0 Å². The largest absolute Gasteiger partial charge is 0.366 e. The zero-order valence-corrected chi connectivity index (χ0v) is 9.11. The van der Waals surface area contributed by atoms with Crippen molar-refractivity contribution in [1.29, 1.82) is 0 Å². The van der Waals surface area contributed by atoms with E-state index < -0.39 is 0 Å². The molecule has 0 bridgehead atoms. The highest BCUT2D eigenvalue weighted by atomic mass is 16.6. The lowest BCUT2D eigenvalue weighted by molar-refractivity contribution is 0.255. The summed E-state index contributed by atoms with van der Waals surface area (Å²) in [7, 11) is 0. The molecule has 2 atom stereocenters. The molecule has 1 rings (SSSR count). The first-order valence-corrected chi connectivity index (χ1v) is 5.11. The van der Waals surface area contributed by atoms with E-state index in [1.807, 2.05) is 0 Å². The Labute approximate surface area is 76.5 Å². The molecule has 1 heterocycles. The highest BCUT2D eigenvalue weighted by Crippen LogP contribution is 2.45. The number of hydrogen-bond acceptors (Lipinski definition) is 1. The molecule has 1 aliphatic heterocycles. The van der Waals surface area contributed by atoms with Gasteiger partial charge in [-0.3, -0.25) is 0 Å². The molecule has 0 spiro atoms. The molecule has 0 aromatic heterocycles. The van der Waals surface area contributed by atoms with Gasteiger partial charge in [-0.1, -0.05) is 34.1 Å². The fraction of sp³-hybridized carbons (Fsp3) is 1.00. The van der Waals surface area contributed by atoms with Gasteiger partial charge in [-0.05, 0) is 25.2 Å². The number of ether oxygens (including phenoxy) is 1. The molecule has 72 valence electrons. The molecule has 0 N–H and O–H groups in total. The lowest BCUT2D eigenvalue weighted by atomic mass is 9.82. The van der Waals surface area contributed by atoms with Crippen LogP contribution in [0.1, 0.15) is 53.9 Å². The SMILES string of the molecule is CCC(C)(C)CC1OC1(C)CC. The van der Waals surface area contributed by atoms with E-state index in [0.29, 0.717) is 11.5 Å². The minimum Gasteiger partial charge on any atom is -0.366 e. The summed E-state index contributed by atoms with van der Waals surface area (Å²) < 4.78 is 5.69. The van der Waals surface area contributed by atoms with Crippen LogP contribution in [-0.2, 0) is 4.74 Å². The van der Waals surface area contributed by atoms with Gasteiger partial charge in [-0.25, -0.2) is 0 Å². The minimum atomic E-state index is 0.215. The zero-order valence-electron chi connectivity index (χ0n) is 9.11. The van der Waals surface area contributed by atoms with Gasteiger partial charge < -0.3 is 4.74 Å². The van der Waals surface area contributed by atoms with Crippen molar-refractivity contribution in [3.8, 4) is 0 Å². The van der Waals surface area contributed by atoms with Crippen LogP contribution in [0.25, 0.3) is 0 Å². The van der Waals surface area contributed by atoms with Crippen LogP contribution in [0.4, 0.5) is 0 Å². The number of epoxide rings is 1. The van der Waals surface area contributed by atoms with E-state index in [0.717, 1.165) is 6.42 Å². The maximum Gasteiger partial charge on any atom is 0.0918 e. The molecule has 1 heteroatoms. The summed E-state index contributed by atoms with van der Waals surface area (Å²) in [5.41, 5.74) is 0.671. The van der Waals surface area contributed by atoms with Gasteiger partial charge in [-0.15, -0.1) is 0 Å². The van der Waals surface area contributed by atoms with Crippen LogP contribution >= 0.6 is 0 Å². The van der Waals surface area contributed by atoms with Gasteiger partial charge in [0.2, 0.25) is 0 Å². The summed E-state index contributed by atoms with van der Waals surface area (Å²) in [6.07, 6.45) is 4.13. The third-order valence-electron chi connectivity index (χ3n) is 3.43. The second-order valence-corrected chi connectivity index (χ2v) is 4.99. The van der Waals surface area contributed by atoms with E-state index in [1.54, 1.807) is 0 Å². The zero-order chi connectivity index (χ0) is 9.41. The first-order chi connectivity index (χ1) is 5.43. The molecule has 1 nitrogen and oxygen atoms in total. The summed E-state index contributed by atoms with van der Waals surface area (Å²) in [4.78, 5) is 0. The average molecular weight is 170 g/mol. The molecule has 0 amide bonds. The molecule has 1 saturated heterocycles. The minimum absolute atomic E-state index is 0.215. The van der Waals surface area contributed by atoms with Gasteiger partial charge >= 0.3 is 0 Å². The Morgan fingerprint density at radius 1 is 1.33 bits per heavy atom. The first kappa shape index (κ1) is 10.0. The predicted molar refractivity (Wildman–Crippen MR) is 52.3 cm³/mol. The first-order valence-electron chi connectivity index (χ1n) is 5.11. The van der Waals surface area contributed by atoms with Crippen molar-refractivity contribution in [2.75, 3.05) is 0 Å². The van der Waals surface area contributed by atoms with Crippen LogP contribution < -0.4 is 0 Å². The quantitative estimate of drug-likeness (QED) is 0.589. The highest BCUT2D eigenvalue weighted by molar-refractivity contribution is 4.99. The van der Waals surface area contributed by atoms with E-state index in [9.17, 15) is 0 Å². The molecule has 0 aromatic carbocycles. The Bertz CT molecular complexity index is 162. The van der Waals surface area contributed by atoms with Gasteiger partial charge in [-0.2, -0.15) is 0 Å². The molecule has 0 aromatic rings. The summed E-state index contributed by atoms with van der Waals surface area (Å²) in [6.45, 7) is 11.3. The van der Waals surface area contributed by atoms with Crippen LogP contribution in [0.2, 0.25) is 0 Å². The standard InChI is InChI=1S/C11H22O/c1-6-10(3,4)8-9-11(5,7-2)12-9/h9H,6-8H2,1-5H3. The van der Waals surface area contributed by atoms with E-state index in [-0.39, 0.29) is 5.60 Å². The predicted octanol–water partition coefficient (Wildman–Crippen LogP) is 3.38. The molecule has 0 saturated carbocycles. The Hall–Kier alpha value is -0.0400. The van der Waals surface area contributed by atoms with Crippen molar-refractivity contribution in [3.63, 3.8) is 0 Å². The summed E-state index contributed by atoms with van der Waals surface area (Å²) in [5.74, 6) is 0. The van der Waals surface area contributed by atoms with Crippen molar-refractivity contribution < 1.29 is 4.74 Å². The molecule has 12 heavy (non-hydrogen) atoms. The summed E-state index contributed by atoms with van der Waals surface area (Å²) in [6, 6.07) is 0. The second kappa shape index (κ2) is 3.02. The van der Waals surface area contributed by atoms with Crippen molar-refractivity contribution in [3.05, 3.63) is 0 Å².